The molecule has 2 aromatic carbocycles. The van der Waals surface area contributed by atoms with Crippen molar-refractivity contribution in [3.63, 3.8) is 0 Å². The van der Waals surface area contributed by atoms with E-state index >= 15 is 0 Å². The van der Waals surface area contributed by atoms with Gasteiger partial charge >= 0.3 is 0 Å². The zero-order valence-electron chi connectivity index (χ0n) is 15.8. The second kappa shape index (κ2) is 12.0. The Labute approximate surface area is 179 Å². The molecule has 0 bridgehead atoms. The molecule has 0 heterocycles. The van der Waals surface area contributed by atoms with Crippen LogP contribution in [0, 0.1) is 6.92 Å². The molecule has 0 aromatic heterocycles. The number of nitrogens with zero attached hydrogens (tertiary/aromatic N) is 1. The monoisotopic (exact) mass is 501 g/mol. The second-order valence-electron chi connectivity index (χ2n) is 6.27. The Kier molecular flexibility index (Phi) is 10.4. The summed E-state index contributed by atoms with van der Waals surface area (Å²) in [6.07, 6.45) is 0.542. The first-order chi connectivity index (χ1) is 12.5. The van der Waals surface area contributed by atoms with Gasteiger partial charge in [0.15, 0.2) is 15.8 Å². The van der Waals surface area contributed by atoms with E-state index in [0.29, 0.717) is 25.5 Å². The number of hydrogen-bond donors (Lipinski definition) is 2. The van der Waals surface area contributed by atoms with Gasteiger partial charge in [0, 0.05) is 20.1 Å². The van der Waals surface area contributed by atoms with Crippen molar-refractivity contribution < 1.29 is 8.42 Å². The number of sulfone groups is 1. The summed E-state index contributed by atoms with van der Waals surface area (Å²) >= 11 is 0. The lowest BCUT2D eigenvalue weighted by Gasteiger charge is -2.12. The van der Waals surface area contributed by atoms with E-state index in [2.05, 4.69) is 46.8 Å². The molecule has 148 valence electrons. The zero-order chi connectivity index (χ0) is 18.8. The number of halogens is 1. The molecule has 0 aliphatic heterocycles. The molecule has 2 aromatic rings. The molecule has 0 saturated carbocycles. The van der Waals surface area contributed by atoms with E-state index in [9.17, 15) is 8.42 Å². The van der Waals surface area contributed by atoms with Gasteiger partial charge in [0.2, 0.25) is 0 Å². The third-order valence-corrected chi connectivity index (χ3v) is 5.64. The SMILES string of the molecule is CN=C(NCCCS(=O)(=O)Cc1ccccc1)NCc1ccc(C)cc1.I. The van der Waals surface area contributed by atoms with Crippen LogP contribution in [0.25, 0.3) is 0 Å². The van der Waals surface area contributed by atoms with Gasteiger partial charge in [-0.15, -0.1) is 24.0 Å². The highest BCUT2D eigenvalue weighted by molar-refractivity contribution is 14.0. The van der Waals surface area contributed by atoms with Gasteiger partial charge in [-0.05, 0) is 24.5 Å². The lowest BCUT2D eigenvalue weighted by molar-refractivity contribution is 0.591. The zero-order valence-corrected chi connectivity index (χ0v) is 19.0. The maximum Gasteiger partial charge on any atom is 0.191 e. The highest BCUT2D eigenvalue weighted by Gasteiger charge is 2.11. The third kappa shape index (κ3) is 9.23. The average molecular weight is 501 g/mol. The van der Waals surface area contributed by atoms with Crippen LogP contribution in [-0.4, -0.2) is 33.7 Å². The van der Waals surface area contributed by atoms with Crippen LogP contribution in [-0.2, 0) is 22.1 Å². The molecular formula is C20H28IN3O2S. The number of benzene rings is 2. The molecule has 0 unspecified atom stereocenters. The molecule has 0 aliphatic carbocycles. The predicted molar refractivity (Wildman–Crippen MR) is 123 cm³/mol. The molecule has 27 heavy (non-hydrogen) atoms. The van der Waals surface area contributed by atoms with Crippen molar-refractivity contribution in [2.75, 3.05) is 19.3 Å². The lowest BCUT2D eigenvalue weighted by atomic mass is 10.1. The maximum absolute atomic E-state index is 12.2. The number of aryl methyl sites for hydroxylation is 1. The minimum atomic E-state index is -3.10. The minimum Gasteiger partial charge on any atom is -0.356 e. The van der Waals surface area contributed by atoms with Crippen LogP contribution in [0.4, 0.5) is 0 Å². The van der Waals surface area contributed by atoms with Gasteiger partial charge in [0.05, 0.1) is 11.5 Å². The molecule has 2 N–H and O–H groups in total. The fourth-order valence-electron chi connectivity index (χ4n) is 2.51. The summed E-state index contributed by atoms with van der Waals surface area (Å²) in [7, 11) is -1.39. The van der Waals surface area contributed by atoms with Gasteiger partial charge in [-0.2, -0.15) is 0 Å². The molecule has 0 fully saturated rings. The van der Waals surface area contributed by atoms with Crippen LogP contribution in [0.5, 0.6) is 0 Å². The molecule has 7 heteroatoms. The van der Waals surface area contributed by atoms with Crippen LogP contribution in [0.1, 0.15) is 23.1 Å². The first-order valence-electron chi connectivity index (χ1n) is 8.73. The Balaban J connectivity index is 0.00000364. The van der Waals surface area contributed by atoms with Crippen molar-refractivity contribution in [1.29, 1.82) is 0 Å². The first kappa shape index (κ1) is 23.4. The van der Waals surface area contributed by atoms with Crippen molar-refractivity contribution in [2.45, 2.75) is 25.6 Å². The van der Waals surface area contributed by atoms with Gasteiger partial charge in [0.25, 0.3) is 0 Å². The smallest absolute Gasteiger partial charge is 0.191 e. The van der Waals surface area contributed by atoms with Gasteiger partial charge in [-0.3, -0.25) is 4.99 Å². The molecule has 0 radical (unpaired) electrons. The Bertz CT molecular complexity index is 807. The van der Waals surface area contributed by atoms with Crippen molar-refractivity contribution in [3.05, 3.63) is 71.3 Å². The summed E-state index contributed by atoms with van der Waals surface area (Å²) in [6.45, 7) is 3.29. The van der Waals surface area contributed by atoms with Crippen molar-refractivity contribution in [1.82, 2.24) is 10.6 Å². The first-order valence-corrected chi connectivity index (χ1v) is 10.5. The molecule has 0 saturated heterocycles. The van der Waals surface area contributed by atoms with E-state index in [1.165, 1.54) is 11.1 Å². The average Bonchev–Trinajstić information content (AvgIpc) is 2.63. The Morgan fingerprint density at radius 1 is 0.963 bits per heavy atom. The highest BCUT2D eigenvalue weighted by atomic mass is 127. The second-order valence-corrected chi connectivity index (χ2v) is 8.45. The summed E-state index contributed by atoms with van der Waals surface area (Å²) in [6, 6.07) is 17.6. The fraction of sp³-hybridized carbons (Fsp3) is 0.350. The van der Waals surface area contributed by atoms with E-state index in [4.69, 9.17) is 0 Å². The number of aliphatic imine (C=N–C) groups is 1. The van der Waals surface area contributed by atoms with E-state index < -0.39 is 9.84 Å². The van der Waals surface area contributed by atoms with Gasteiger partial charge in [-0.1, -0.05) is 60.2 Å². The topological polar surface area (TPSA) is 70.6 Å². The fourth-order valence-corrected chi connectivity index (χ4v) is 3.94. The normalized spacial score (nSPS) is 11.6. The van der Waals surface area contributed by atoms with E-state index in [0.717, 1.165) is 5.56 Å². The summed E-state index contributed by atoms with van der Waals surface area (Å²) in [5, 5.41) is 6.39. The van der Waals surface area contributed by atoms with Gasteiger partial charge in [-0.25, -0.2) is 8.42 Å². The largest absolute Gasteiger partial charge is 0.356 e. The summed E-state index contributed by atoms with van der Waals surface area (Å²) in [5.41, 5.74) is 3.23. The molecule has 0 atom stereocenters. The van der Waals surface area contributed by atoms with E-state index in [1.807, 2.05) is 30.3 Å². The molecule has 0 amide bonds. The van der Waals surface area contributed by atoms with Gasteiger partial charge in [0.1, 0.15) is 0 Å². The molecule has 0 spiro atoms. The minimum absolute atomic E-state index is 0. The molecule has 2 rings (SSSR count). The summed E-state index contributed by atoms with van der Waals surface area (Å²) in [5.74, 6) is 0.920. The van der Waals surface area contributed by atoms with Crippen LogP contribution in [0.3, 0.4) is 0 Å². The van der Waals surface area contributed by atoms with E-state index in [-0.39, 0.29) is 35.5 Å². The van der Waals surface area contributed by atoms with Crippen LogP contribution < -0.4 is 10.6 Å². The maximum atomic E-state index is 12.2. The predicted octanol–water partition coefficient (Wildman–Crippen LogP) is 3.28. The van der Waals surface area contributed by atoms with Crippen molar-refractivity contribution in [2.24, 2.45) is 4.99 Å². The van der Waals surface area contributed by atoms with E-state index in [1.54, 1.807) is 7.05 Å². The number of guanidine groups is 1. The van der Waals surface area contributed by atoms with Gasteiger partial charge < -0.3 is 10.6 Å². The Morgan fingerprint density at radius 3 is 2.26 bits per heavy atom. The number of rotatable bonds is 8. The number of hydrogen-bond acceptors (Lipinski definition) is 3. The Morgan fingerprint density at radius 2 is 1.63 bits per heavy atom. The van der Waals surface area contributed by atoms with Crippen LogP contribution >= 0.6 is 24.0 Å². The quantitative estimate of drug-likeness (QED) is 0.252. The molecule has 0 aliphatic rings. The summed E-state index contributed by atoms with van der Waals surface area (Å²) in [4.78, 5) is 4.17. The standard InChI is InChI=1S/C20H27N3O2S.HI/c1-17-9-11-18(12-10-17)15-23-20(21-2)22-13-6-14-26(24,25)16-19-7-4-3-5-8-19;/h3-5,7-12H,6,13-16H2,1-2H3,(H2,21,22,23);1H. The molecular weight excluding hydrogens is 473 g/mol. The highest BCUT2D eigenvalue weighted by Crippen LogP contribution is 2.07. The summed E-state index contributed by atoms with van der Waals surface area (Å²) < 4.78 is 24.4. The number of nitrogens with one attached hydrogen (secondary N) is 2. The third-order valence-electron chi connectivity index (χ3n) is 3.96. The van der Waals surface area contributed by atoms with Crippen molar-refractivity contribution in [3.8, 4) is 0 Å². The van der Waals surface area contributed by atoms with Crippen molar-refractivity contribution >= 4 is 39.8 Å². The van der Waals surface area contributed by atoms with Crippen LogP contribution in [0.15, 0.2) is 59.6 Å². The lowest BCUT2D eigenvalue weighted by Crippen LogP contribution is -2.37. The Hall–Kier alpha value is -1.61. The molecule has 5 nitrogen and oxygen atoms in total. The van der Waals surface area contributed by atoms with Crippen LogP contribution in [0.2, 0.25) is 0 Å².